The number of hydrogen-bond acceptors (Lipinski definition) is 4. The Labute approximate surface area is 158 Å². The fourth-order valence-corrected chi connectivity index (χ4v) is 4.17. The standard InChI is InChI=1S/C19H20ClNO4S/c1-2-26(23,24)18-6-4-3-5-16(18)19(22)21-11-12-25-17(13-21)14-7-9-15(20)10-8-14/h3-10,17H,2,11-13H2,1H3. The molecule has 1 amide bonds. The van der Waals surface area contributed by atoms with E-state index in [0.29, 0.717) is 24.7 Å². The van der Waals surface area contributed by atoms with Crippen LogP contribution in [0.15, 0.2) is 53.4 Å². The van der Waals surface area contributed by atoms with Gasteiger partial charge in [-0.15, -0.1) is 0 Å². The Bertz CT molecular complexity index is 896. The highest BCUT2D eigenvalue weighted by molar-refractivity contribution is 7.91. The van der Waals surface area contributed by atoms with Gasteiger partial charge in [0.25, 0.3) is 5.91 Å². The highest BCUT2D eigenvalue weighted by Crippen LogP contribution is 2.26. The minimum atomic E-state index is -3.48. The molecule has 0 N–H and O–H groups in total. The Morgan fingerprint density at radius 3 is 2.58 bits per heavy atom. The zero-order chi connectivity index (χ0) is 18.7. The lowest BCUT2D eigenvalue weighted by Gasteiger charge is -2.33. The monoisotopic (exact) mass is 393 g/mol. The van der Waals surface area contributed by atoms with Crippen molar-refractivity contribution >= 4 is 27.3 Å². The van der Waals surface area contributed by atoms with Crippen LogP contribution in [0.2, 0.25) is 5.02 Å². The molecule has 138 valence electrons. The third kappa shape index (κ3) is 3.92. The number of nitrogens with zero attached hydrogens (tertiary/aromatic N) is 1. The number of hydrogen-bond donors (Lipinski definition) is 0. The van der Waals surface area contributed by atoms with E-state index in [1.54, 1.807) is 42.2 Å². The molecule has 0 spiro atoms. The SMILES string of the molecule is CCS(=O)(=O)c1ccccc1C(=O)N1CCOC(c2ccc(Cl)cc2)C1. The summed E-state index contributed by atoms with van der Waals surface area (Å²) in [7, 11) is -3.48. The molecule has 1 aliphatic heterocycles. The molecule has 2 aromatic carbocycles. The summed E-state index contributed by atoms with van der Waals surface area (Å²) >= 11 is 5.92. The second kappa shape index (κ2) is 7.78. The molecule has 1 aliphatic rings. The van der Waals surface area contributed by atoms with Crippen molar-refractivity contribution in [3.8, 4) is 0 Å². The number of halogens is 1. The van der Waals surface area contributed by atoms with E-state index in [-0.39, 0.29) is 28.2 Å². The van der Waals surface area contributed by atoms with Crippen LogP contribution in [0.3, 0.4) is 0 Å². The quantitative estimate of drug-likeness (QED) is 0.799. The van der Waals surface area contributed by atoms with E-state index in [0.717, 1.165) is 5.56 Å². The number of carbonyl (C=O) groups excluding carboxylic acids is 1. The molecular weight excluding hydrogens is 374 g/mol. The lowest BCUT2D eigenvalue weighted by molar-refractivity contribution is -0.0229. The fourth-order valence-electron chi connectivity index (χ4n) is 2.95. The van der Waals surface area contributed by atoms with Crippen LogP contribution >= 0.6 is 11.6 Å². The van der Waals surface area contributed by atoms with Crippen LogP contribution in [0.5, 0.6) is 0 Å². The number of benzene rings is 2. The molecule has 2 aromatic rings. The van der Waals surface area contributed by atoms with Crippen molar-refractivity contribution in [3.63, 3.8) is 0 Å². The molecule has 0 radical (unpaired) electrons. The zero-order valence-corrected chi connectivity index (χ0v) is 16.0. The van der Waals surface area contributed by atoms with Crippen molar-refractivity contribution in [1.82, 2.24) is 4.90 Å². The van der Waals surface area contributed by atoms with Crippen molar-refractivity contribution < 1.29 is 17.9 Å². The first-order chi connectivity index (χ1) is 12.4. The second-order valence-corrected chi connectivity index (χ2v) is 8.74. The minimum Gasteiger partial charge on any atom is -0.370 e. The zero-order valence-electron chi connectivity index (χ0n) is 14.4. The molecule has 1 atom stereocenters. The molecule has 0 aromatic heterocycles. The smallest absolute Gasteiger partial charge is 0.255 e. The van der Waals surface area contributed by atoms with Gasteiger partial charge in [0.2, 0.25) is 0 Å². The summed E-state index contributed by atoms with van der Waals surface area (Å²) in [6, 6.07) is 13.7. The largest absolute Gasteiger partial charge is 0.370 e. The van der Waals surface area contributed by atoms with E-state index in [1.165, 1.54) is 6.07 Å². The fraction of sp³-hybridized carbons (Fsp3) is 0.316. The summed E-state index contributed by atoms with van der Waals surface area (Å²) < 4.78 is 30.4. The van der Waals surface area contributed by atoms with Gasteiger partial charge in [-0.3, -0.25) is 4.79 Å². The number of morpholine rings is 1. The van der Waals surface area contributed by atoms with Gasteiger partial charge >= 0.3 is 0 Å². The Morgan fingerprint density at radius 2 is 1.88 bits per heavy atom. The van der Waals surface area contributed by atoms with Crippen LogP contribution in [0.1, 0.15) is 28.9 Å². The van der Waals surface area contributed by atoms with E-state index in [1.807, 2.05) is 12.1 Å². The van der Waals surface area contributed by atoms with Crippen molar-refractivity contribution in [3.05, 3.63) is 64.7 Å². The van der Waals surface area contributed by atoms with Crippen LogP contribution in [-0.4, -0.2) is 44.7 Å². The summed E-state index contributed by atoms with van der Waals surface area (Å²) in [5.41, 5.74) is 1.15. The van der Waals surface area contributed by atoms with Crippen LogP contribution in [-0.2, 0) is 14.6 Å². The molecule has 3 rings (SSSR count). The second-order valence-electron chi connectivity index (χ2n) is 6.06. The van der Waals surface area contributed by atoms with Gasteiger partial charge in [-0.1, -0.05) is 42.8 Å². The summed E-state index contributed by atoms with van der Waals surface area (Å²) in [4.78, 5) is 14.7. The van der Waals surface area contributed by atoms with Crippen LogP contribution in [0.25, 0.3) is 0 Å². The predicted octanol–water partition coefficient (Wildman–Crippen LogP) is 3.35. The molecule has 1 saturated heterocycles. The summed E-state index contributed by atoms with van der Waals surface area (Å²) in [5.74, 6) is -0.340. The highest BCUT2D eigenvalue weighted by Gasteiger charge is 2.29. The number of carbonyl (C=O) groups is 1. The van der Waals surface area contributed by atoms with Crippen LogP contribution in [0.4, 0.5) is 0 Å². The van der Waals surface area contributed by atoms with Crippen LogP contribution in [0, 0.1) is 0 Å². The minimum absolute atomic E-state index is 0.0478. The van der Waals surface area contributed by atoms with Gasteiger partial charge in [0, 0.05) is 11.6 Å². The number of rotatable bonds is 4. The lowest BCUT2D eigenvalue weighted by Crippen LogP contribution is -2.42. The Morgan fingerprint density at radius 1 is 1.19 bits per heavy atom. The Hall–Kier alpha value is -1.89. The van der Waals surface area contributed by atoms with Gasteiger partial charge in [0.1, 0.15) is 6.10 Å². The topological polar surface area (TPSA) is 63.7 Å². The first-order valence-corrected chi connectivity index (χ1v) is 10.4. The Kier molecular flexibility index (Phi) is 5.65. The summed E-state index contributed by atoms with van der Waals surface area (Å²) in [5, 5.41) is 0.635. The van der Waals surface area contributed by atoms with E-state index in [9.17, 15) is 13.2 Å². The molecule has 0 bridgehead atoms. The first kappa shape index (κ1) is 18.9. The molecule has 0 aliphatic carbocycles. The van der Waals surface area contributed by atoms with E-state index >= 15 is 0 Å². The predicted molar refractivity (Wildman–Crippen MR) is 100 cm³/mol. The first-order valence-electron chi connectivity index (χ1n) is 8.40. The summed E-state index contributed by atoms with van der Waals surface area (Å²) in [6.45, 7) is 2.74. The van der Waals surface area contributed by atoms with Gasteiger partial charge < -0.3 is 9.64 Å². The number of sulfone groups is 1. The molecule has 1 heterocycles. The maximum atomic E-state index is 13.0. The van der Waals surface area contributed by atoms with Crippen LogP contribution < -0.4 is 0 Å². The molecular formula is C19H20ClNO4S. The van der Waals surface area contributed by atoms with Gasteiger partial charge in [-0.25, -0.2) is 8.42 Å². The van der Waals surface area contributed by atoms with Gasteiger partial charge in [-0.05, 0) is 29.8 Å². The van der Waals surface area contributed by atoms with E-state index < -0.39 is 9.84 Å². The Balaban J connectivity index is 1.86. The molecule has 5 nitrogen and oxygen atoms in total. The lowest BCUT2D eigenvalue weighted by atomic mass is 10.1. The molecule has 1 fully saturated rings. The van der Waals surface area contributed by atoms with Crippen molar-refractivity contribution in [2.75, 3.05) is 25.4 Å². The maximum Gasteiger partial charge on any atom is 0.255 e. The number of amides is 1. The third-order valence-electron chi connectivity index (χ3n) is 4.43. The van der Waals surface area contributed by atoms with Gasteiger partial charge in [0.05, 0.1) is 29.4 Å². The molecule has 1 unspecified atom stereocenters. The van der Waals surface area contributed by atoms with Crippen molar-refractivity contribution in [1.29, 1.82) is 0 Å². The van der Waals surface area contributed by atoms with E-state index in [4.69, 9.17) is 16.3 Å². The van der Waals surface area contributed by atoms with Crippen molar-refractivity contribution in [2.45, 2.75) is 17.9 Å². The maximum absolute atomic E-state index is 13.0. The highest BCUT2D eigenvalue weighted by atomic mass is 35.5. The summed E-state index contributed by atoms with van der Waals surface area (Å²) in [6.07, 6.45) is -0.264. The van der Waals surface area contributed by atoms with Gasteiger partial charge in [-0.2, -0.15) is 0 Å². The average Bonchev–Trinajstić information content (AvgIpc) is 2.68. The molecule has 7 heteroatoms. The third-order valence-corrected chi connectivity index (χ3v) is 6.47. The van der Waals surface area contributed by atoms with E-state index in [2.05, 4.69) is 0 Å². The normalized spacial score (nSPS) is 17.9. The molecule has 26 heavy (non-hydrogen) atoms. The number of ether oxygens (including phenoxy) is 1. The van der Waals surface area contributed by atoms with Crippen molar-refractivity contribution in [2.24, 2.45) is 0 Å². The average molecular weight is 394 g/mol. The van der Waals surface area contributed by atoms with Gasteiger partial charge in [0.15, 0.2) is 9.84 Å². The molecule has 0 saturated carbocycles.